The average Bonchev–Trinajstić information content (AvgIpc) is 2.84. The van der Waals surface area contributed by atoms with E-state index in [4.69, 9.17) is 44.9 Å². The van der Waals surface area contributed by atoms with Crippen LogP contribution in [0.4, 0.5) is 5.69 Å². The predicted octanol–water partition coefficient (Wildman–Crippen LogP) is 6.17. The molecule has 0 saturated carbocycles. The minimum Gasteiger partial charge on any atom is -0.493 e. The minimum absolute atomic E-state index is 0.0874. The van der Waals surface area contributed by atoms with E-state index in [1.807, 2.05) is 24.3 Å². The van der Waals surface area contributed by atoms with Gasteiger partial charge in [0.15, 0.2) is 16.6 Å². The molecule has 1 N–H and O–H groups in total. The van der Waals surface area contributed by atoms with Crippen LogP contribution < -0.4 is 19.7 Å². The van der Waals surface area contributed by atoms with E-state index in [1.54, 1.807) is 36.4 Å². The first kappa shape index (κ1) is 25.2. The molecule has 1 fully saturated rings. The van der Waals surface area contributed by atoms with Gasteiger partial charge >= 0.3 is 0 Å². The highest BCUT2D eigenvalue weighted by Gasteiger charge is 2.35. The largest absolute Gasteiger partial charge is 0.493 e. The number of nitrogens with one attached hydrogen (secondary N) is 1. The van der Waals surface area contributed by atoms with Crippen LogP contribution in [0.15, 0.2) is 70.7 Å². The van der Waals surface area contributed by atoms with Crippen molar-refractivity contribution in [3.05, 3.63) is 91.9 Å². The second-order valence-electron chi connectivity index (χ2n) is 7.36. The number of ether oxygens (including phenoxy) is 2. The third-order valence-corrected chi connectivity index (χ3v) is 6.70. The topological polar surface area (TPSA) is 67.9 Å². The van der Waals surface area contributed by atoms with Crippen molar-refractivity contribution in [3.63, 3.8) is 0 Å². The van der Waals surface area contributed by atoms with Crippen molar-refractivity contribution in [2.45, 2.75) is 6.61 Å². The molecule has 3 aromatic rings. The predicted molar refractivity (Wildman–Crippen MR) is 144 cm³/mol. The maximum Gasteiger partial charge on any atom is 0.270 e. The molecule has 6 nitrogen and oxygen atoms in total. The molecule has 1 saturated heterocycles. The van der Waals surface area contributed by atoms with Crippen LogP contribution in [-0.4, -0.2) is 24.0 Å². The van der Waals surface area contributed by atoms with Gasteiger partial charge in [0, 0.05) is 4.47 Å². The quantitative estimate of drug-likeness (QED) is 0.211. The zero-order valence-corrected chi connectivity index (χ0v) is 22.1. The van der Waals surface area contributed by atoms with E-state index in [0.29, 0.717) is 23.7 Å². The second kappa shape index (κ2) is 10.8. The summed E-state index contributed by atoms with van der Waals surface area (Å²) in [5.74, 6) is -0.280. The zero-order valence-electron chi connectivity index (χ0n) is 18.2. The average molecular weight is 592 g/mol. The van der Waals surface area contributed by atoms with Crippen LogP contribution in [0.25, 0.3) is 6.08 Å². The molecule has 0 aliphatic carbocycles. The number of halogens is 3. The summed E-state index contributed by atoms with van der Waals surface area (Å²) in [4.78, 5) is 27.0. The fourth-order valence-electron chi connectivity index (χ4n) is 3.34. The van der Waals surface area contributed by atoms with Gasteiger partial charge in [-0.25, -0.2) is 0 Å². The summed E-state index contributed by atoms with van der Waals surface area (Å²) in [6.45, 7) is 0.345. The smallest absolute Gasteiger partial charge is 0.270 e. The molecule has 1 aliphatic rings. The first-order valence-electron chi connectivity index (χ1n) is 10.2. The van der Waals surface area contributed by atoms with Crippen LogP contribution in [0.1, 0.15) is 11.1 Å². The molecule has 10 heteroatoms. The van der Waals surface area contributed by atoms with Crippen LogP contribution in [0.2, 0.25) is 10.0 Å². The third kappa shape index (κ3) is 5.51. The molecule has 0 unspecified atom stereocenters. The Kier molecular flexibility index (Phi) is 7.76. The number of methoxy groups -OCH3 is 1. The number of anilines is 1. The lowest BCUT2D eigenvalue weighted by molar-refractivity contribution is -0.122. The number of carbonyl (C=O) groups excluding carboxylic acids is 2. The van der Waals surface area contributed by atoms with Gasteiger partial charge in [0.2, 0.25) is 0 Å². The lowest BCUT2D eigenvalue weighted by atomic mass is 10.1. The number of carbonyl (C=O) groups is 2. The summed E-state index contributed by atoms with van der Waals surface area (Å²) >= 11 is 21.0. The summed E-state index contributed by atoms with van der Waals surface area (Å²) in [5, 5.41) is 2.84. The zero-order chi connectivity index (χ0) is 25.1. The van der Waals surface area contributed by atoms with Gasteiger partial charge in [0.05, 0.1) is 22.8 Å². The Morgan fingerprint density at radius 1 is 1.06 bits per heavy atom. The van der Waals surface area contributed by atoms with Gasteiger partial charge in [0.1, 0.15) is 12.2 Å². The molecule has 35 heavy (non-hydrogen) atoms. The first-order chi connectivity index (χ1) is 16.8. The van der Waals surface area contributed by atoms with E-state index in [-0.39, 0.29) is 26.4 Å². The number of rotatable bonds is 6. The van der Waals surface area contributed by atoms with E-state index in [2.05, 4.69) is 21.2 Å². The van der Waals surface area contributed by atoms with Gasteiger partial charge in [0.25, 0.3) is 11.8 Å². The monoisotopic (exact) mass is 590 g/mol. The van der Waals surface area contributed by atoms with Crippen molar-refractivity contribution >= 4 is 80.0 Å². The molecule has 0 radical (unpaired) electrons. The van der Waals surface area contributed by atoms with E-state index in [9.17, 15) is 9.59 Å². The van der Waals surface area contributed by atoms with Crippen molar-refractivity contribution < 1.29 is 19.1 Å². The second-order valence-corrected chi connectivity index (χ2v) is 9.44. The van der Waals surface area contributed by atoms with Crippen molar-refractivity contribution in [2.24, 2.45) is 0 Å². The van der Waals surface area contributed by atoms with Crippen molar-refractivity contribution in [1.29, 1.82) is 0 Å². The molecule has 4 rings (SSSR count). The molecular weight excluding hydrogens is 575 g/mol. The van der Waals surface area contributed by atoms with E-state index >= 15 is 0 Å². The Hall–Kier alpha value is -2.91. The van der Waals surface area contributed by atoms with Gasteiger partial charge < -0.3 is 9.47 Å². The lowest BCUT2D eigenvalue weighted by Gasteiger charge is -2.29. The van der Waals surface area contributed by atoms with Crippen LogP contribution in [-0.2, 0) is 16.2 Å². The highest BCUT2D eigenvalue weighted by Crippen LogP contribution is 2.35. The van der Waals surface area contributed by atoms with E-state index in [0.717, 1.165) is 14.9 Å². The van der Waals surface area contributed by atoms with Gasteiger partial charge in [-0.1, -0.05) is 63.4 Å². The van der Waals surface area contributed by atoms with Gasteiger partial charge in [-0.2, -0.15) is 0 Å². The van der Waals surface area contributed by atoms with Crippen LogP contribution in [0, 0.1) is 0 Å². The number of hydrogen-bond donors (Lipinski definition) is 1. The van der Waals surface area contributed by atoms with E-state index in [1.165, 1.54) is 13.2 Å². The fraction of sp³-hybridized carbons (Fsp3) is 0.0800. The number of thiocarbonyl (C=S) groups is 1. The maximum atomic E-state index is 13.3. The Morgan fingerprint density at radius 3 is 2.51 bits per heavy atom. The molecule has 3 aromatic carbocycles. The molecule has 1 aliphatic heterocycles. The van der Waals surface area contributed by atoms with Crippen molar-refractivity contribution in [2.75, 3.05) is 12.0 Å². The molecule has 0 atom stereocenters. The summed E-state index contributed by atoms with van der Waals surface area (Å²) in [6, 6.07) is 17.7. The molecule has 0 aromatic heterocycles. The highest BCUT2D eigenvalue weighted by atomic mass is 79.9. The Labute approximate surface area is 225 Å². The summed E-state index contributed by atoms with van der Waals surface area (Å²) in [5.41, 5.74) is 1.69. The number of hydrogen-bond acceptors (Lipinski definition) is 5. The summed E-state index contributed by atoms with van der Waals surface area (Å²) in [7, 11) is 1.51. The molecule has 1 heterocycles. The Bertz CT molecular complexity index is 1360. The normalized spacial score (nSPS) is 14.8. The van der Waals surface area contributed by atoms with Crippen molar-refractivity contribution in [1.82, 2.24) is 5.32 Å². The molecule has 178 valence electrons. The number of nitrogens with zero attached hydrogens (tertiary/aromatic N) is 1. The molecule has 2 amide bonds. The first-order valence-corrected chi connectivity index (χ1v) is 12.1. The Balaban J connectivity index is 1.61. The lowest BCUT2D eigenvalue weighted by Crippen LogP contribution is -2.54. The number of amides is 2. The highest BCUT2D eigenvalue weighted by molar-refractivity contribution is 9.10. The van der Waals surface area contributed by atoms with Gasteiger partial charge in [-0.15, -0.1) is 0 Å². The van der Waals surface area contributed by atoms with Crippen LogP contribution >= 0.6 is 51.3 Å². The van der Waals surface area contributed by atoms with Crippen LogP contribution in [0.5, 0.6) is 11.5 Å². The summed E-state index contributed by atoms with van der Waals surface area (Å²) in [6.07, 6.45) is 1.45. The van der Waals surface area contributed by atoms with Gasteiger partial charge in [-0.3, -0.25) is 19.8 Å². The molecule has 0 spiro atoms. The van der Waals surface area contributed by atoms with Crippen molar-refractivity contribution in [3.8, 4) is 11.5 Å². The number of benzene rings is 3. The van der Waals surface area contributed by atoms with Crippen LogP contribution in [0.3, 0.4) is 0 Å². The third-order valence-electron chi connectivity index (χ3n) is 5.08. The standard InChI is InChI=1S/C25H17BrCl2N2O4S/c1-33-21-12-15(7-10-20(21)34-13-14-5-8-16(26)9-6-14)11-17-23(31)29-25(35)30(24(17)32)19-4-2-3-18(27)22(19)28/h2-12H,13H2,1H3,(H,29,31,35)/b17-11+. The SMILES string of the molecule is COc1cc(/C=C2\C(=O)NC(=S)N(c3cccc(Cl)c3Cl)C2=O)ccc1OCc1ccc(Br)cc1. The van der Waals surface area contributed by atoms with E-state index < -0.39 is 11.8 Å². The maximum absolute atomic E-state index is 13.3. The fourth-order valence-corrected chi connectivity index (χ4v) is 4.26. The minimum atomic E-state index is -0.627. The summed E-state index contributed by atoms with van der Waals surface area (Å²) < 4.78 is 12.3. The molecular formula is C25H17BrCl2N2O4S. The van der Waals surface area contributed by atoms with Gasteiger partial charge in [-0.05, 0) is 65.8 Å². The molecule has 0 bridgehead atoms. The Morgan fingerprint density at radius 2 is 1.80 bits per heavy atom.